The van der Waals surface area contributed by atoms with Gasteiger partial charge in [0, 0.05) is 25.0 Å². The van der Waals surface area contributed by atoms with E-state index < -0.39 is 23.3 Å². The van der Waals surface area contributed by atoms with Crippen LogP contribution in [-0.4, -0.2) is 53.7 Å². The highest BCUT2D eigenvalue weighted by molar-refractivity contribution is 7.59. The van der Waals surface area contributed by atoms with Gasteiger partial charge in [-0.25, -0.2) is 14.5 Å². The van der Waals surface area contributed by atoms with Crippen molar-refractivity contribution in [3.8, 4) is 5.95 Å². The molecule has 1 saturated heterocycles. The number of alkyl halides is 3. The molecular weight excluding hydrogens is 475 g/mol. The number of halogens is 3. The highest BCUT2D eigenvalue weighted by atomic mass is 32.1. The Bertz CT molecular complexity index is 1410. The average molecular weight is 493 g/mol. The minimum absolute atomic E-state index is 0. The first kappa shape index (κ1) is 23.4. The van der Waals surface area contributed by atoms with E-state index in [4.69, 9.17) is 5.11 Å². The molecule has 178 valence electrons. The third kappa shape index (κ3) is 4.11. The maximum absolute atomic E-state index is 12.8. The van der Waals surface area contributed by atoms with Gasteiger partial charge in [-0.05, 0) is 30.7 Å². The van der Waals surface area contributed by atoms with Crippen LogP contribution in [0.2, 0.25) is 0 Å². The van der Waals surface area contributed by atoms with Crippen molar-refractivity contribution >= 4 is 36.2 Å². The van der Waals surface area contributed by atoms with Crippen molar-refractivity contribution in [3.05, 3.63) is 64.3 Å². The van der Waals surface area contributed by atoms with E-state index >= 15 is 0 Å². The lowest BCUT2D eigenvalue weighted by Gasteiger charge is -2.19. The molecule has 1 atom stereocenters. The summed E-state index contributed by atoms with van der Waals surface area (Å²) in [6.45, 7) is 1.05. The van der Waals surface area contributed by atoms with Crippen molar-refractivity contribution < 1.29 is 23.1 Å². The van der Waals surface area contributed by atoms with Crippen molar-refractivity contribution in [2.75, 3.05) is 18.0 Å². The Labute approximate surface area is 196 Å². The van der Waals surface area contributed by atoms with Gasteiger partial charge in [0.15, 0.2) is 5.52 Å². The summed E-state index contributed by atoms with van der Waals surface area (Å²) in [5.41, 5.74) is -0.00122. The molecule has 4 aromatic rings. The van der Waals surface area contributed by atoms with Crippen molar-refractivity contribution in [1.82, 2.24) is 29.5 Å². The van der Waals surface area contributed by atoms with Crippen LogP contribution in [-0.2, 0) is 6.18 Å². The number of aromatic carboxylic acids is 1. The van der Waals surface area contributed by atoms with Crippen LogP contribution in [0.15, 0.2) is 47.7 Å². The largest absolute Gasteiger partial charge is 0.478 e. The zero-order valence-electron chi connectivity index (χ0n) is 17.3. The number of nitrogens with zero attached hydrogens (tertiary/aromatic N) is 6. The summed E-state index contributed by atoms with van der Waals surface area (Å²) in [5.74, 6) is -1.10. The number of carboxylic acids is 1. The van der Waals surface area contributed by atoms with Crippen molar-refractivity contribution in [1.29, 1.82) is 0 Å². The highest BCUT2D eigenvalue weighted by Crippen LogP contribution is 2.32. The molecule has 1 aliphatic heterocycles. The Kier molecular flexibility index (Phi) is 5.85. The molecule has 0 saturated carbocycles. The van der Waals surface area contributed by atoms with Crippen LogP contribution in [0.25, 0.3) is 17.0 Å². The van der Waals surface area contributed by atoms with E-state index in [1.54, 1.807) is 4.68 Å². The number of carbonyl (C=O) groups is 1. The Morgan fingerprint density at radius 2 is 1.88 bits per heavy atom. The smallest absolute Gasteiger partial charge is 0.416 e. The number of benzene rings is 1. The first-order valence-corrected chi connectivity index (χ1v) is 9.89. The topological polar surface area (TPSA) is 122 Å². The number of fused-ring (bicyclic) bond motifs is 1. The molecule has 5 rings (SSSR count). The number of H-pyrrole nitrogens is 1. The Morgan fingerprint density at radius 1 is 1.15 bits per heavy atom. The van der Waals surface area contributed by atoms with E-state index in [0.717, 1.165) is 23.0 Å². The van der Waals surface area contributed by atoms with Crippen LogP contribution in [0, 0.1) is 0 Å². The standard InChI is InChI=1S/C20H16F3N7O3.H2S/c21-20(22,23)12-1-3-13(4-2-12)28-6-5-14(10-28)30-16-15(8-25-30)26-19(27-17(16)31)29-9-11(7-24-29)18(32)33;/h1-4,7-9,14H,5-6,10H2,(H,32,33)(H,26,27,31);1H2/t14-;/m0./s1. The van der Waals surface area contributed by atoms with Crippen LogP contribution >= 0.6 is 13.5 Å². The van der Waals surface area contributed by atoms with E-state index in [1.165, 1.54) is 24.5 Å². The second-order valence-corrected chi connectivity index (χ2v) is 7.62. The number of anilines is 1. The molecule has 0 radical (unpaired) electrons. The highest BCUT2D eigenvalue weighted by Gasteiger charge is 2.31. The van der Waals surface area contributed by atoms with E-state index in [-0.39, 0.29) is 36.6 Å². The normalized spacial score (nSPS) is 16.1. The van der Waals surface area contributed by atoms with Gasteiger partial charge in [0.1, 0.15) is 5.52 Å². The predicted octanol–water partition coefficient (Wildman–Crippen LogP) is 2.59. The third-order valence-electron chi connectivity index (χ3n) is 5.56. The molecule has 0 spiro atoms. The van der Waals surface area contributed by atoms with Crippen LogP contribution in [0.5, 0.6) is 0 Å². The lowest BCUT2D eigenvalue weighted by molar-refractivity contribution is -0.137. The maximum atomic E-state index is 12.8. The van der Waals surface area contributed by atoms with Crippen LogP contribution in [0.3, 0.4) is 0 Å². The Morgan fingerprint density at radius 3 is 2.53 bits per heavy atom. The molecule has 0 bridgehead atoms. The molecule has 34 heavy (non-hydrogen) atoms. The SMILES string of the molecule is O=C(O)c1cnn(-c2nc3cnn([C@H]4CCN(c5ccc(C(F)(F)F)cc5)C4)c3c(=O)[nH]2)c1.S. The van der Waals surface area contributed by atoms with Gasteiger partial charge in [-0.2, -0.15) is 36.9 Å². The maximum Gasteiger partial charge on any atom is 0.416 e. The summed E-state index contributed by atoms with van der Waals surface area (Å²) in [5, 5.41) is 17.3. The van der Waals surface area contributed by atoms with Gasteiger partial charge in [0.25, 0.3) is 5.56 Å². The third-order valence-corrected chi connectivity index (χ3v) is 5.56. The van der Waals surface area contributed by atoms with Crippen LogP contribution in [0.4, 0.5) is 18.9 Å². The lowest BCUT2D eigenvalue weighted by atomic mass is 10.2. The molecule has 1 fully saturated rings. The Balaban J connectivity index is 0.00000274. The summed E-state index contributed by atoms with van der Waals surface area (Å²) in [4.78, 5) is 32.7. The van der Waals surface area contributed by atoms with Gasteiger partial charge in [0.2, 0.25) is 5.95 Å². The number of hydrogen-bond donors (Lipinski definition) is 2. The minimum atomic E-state index is -4.39. The van der Waals surface area contributed by atoms with E-state index in [2.05, 4.69) is 20.2 Å². The molecule has 0 amide bonds. The van der Waals surface area contributed by atoms with Gasteiger partial charge in [0.05, 0.1) is 29.6 Å². The number of aromatic amines is 1. The molecule has 1 aliphatic rings. The number of rotatable bonds is 4. The zero-order valence-corrected chi connectivity index (χ0v) is 18.3. The molecule has 10 nitrogen and oxygen atoms in total. The molecule has 4 heterocycles. The first-order valence-electron chi connectivity index (χ1n) is 9.89. The summed E-state index contributed by atoms with van der Waals surface area (Å²) in [6.07, 6.45) is 0.0644. The van der Waals surface area contributed by atoms with E-state index in [1.807, 2.05) is 4.90 Å². The molecular formula is C20H18F3N7O3S. The van der Waals surface area contributed by atoms with Gasteiger partial charge in [-0.1, -0.05) is 0 Å². The lowest BCUT2D eigenvalue weighted by Crippen LogP contribution is -2.23. The summed E-state index contributed by atoms with van der Waals surface area (Å²) in [7, 11) is 0. The fourth-order valence-electron chi connectivity index (χ4n) is 3.93. The Hall–Kier alpha value is -3.81. The van der Waals surface area contributed by atoms with Gasteiger partial charge in [-0.15, -0.1) is 0 Å². The second kappa shape index (κ2) is 8.52. The molecule has 0 aliphatic carbocycles. The van der Waals surface area contributed by atoms with Crippen molar-refractivity contribution in [2.24, 2.45) is 0 Å². The monoisotopic (exact) mass is 493 g/mol. The predicted molar refractivity (Wildman–Crippen MR) is 120 cm³/mol. The summed E-state index contributed by atoms with van der Waals surface area (Å²) in [6, 6.07) is 4.78. The number of nitrogens with one attached hydrogen (secondary N) is 1. The van der Waals surface area contributed by atoms with E-state index in [0.29, 0.717) is 30.7 Å². The minimum Gasteiger partial charge on any atom is -0.478 e. The van der Waals surface area contributed by atoms with Crippen molar-refractivity contribution in [3.63, 3.8) is 0 Å². The fourth-order valence-corrected chi connectivity index (χ4v) is 3.93. The fraction of sp³-hybridized carbons (Fsp3) is 0.250. The summed E-state index contributed by atoms with van der Waals surface area (Å²) >= 11 is 0. The number of hydrogen-bond acceptors (Lipinski definition) is 6. The number of aromatic nitrogens is 6. The second-order valence-electron chi connectivity index (χ2n) is 7.62. The molecule has 2 N–H and O–H groups in total. The van der Waals surface area contributed by atoms with Crippen LogP contribution < -0.4 is 10.5 Å². The molecule has 14 heteroatoms. The summed E-state index contributed by atoms with van der Waals surface area (Å²) < 4.78 is 41.2. The van der Waals surface area contributed by atoms with Gasteiger partial charge >= 0.3 is 12.1 Å². The molecule has 3 aromatic heterocycles. The molecule has 1 aromatic carbocycles. The first-order chi connectivity index (χ1) is 15.7. The number of carboxylic acid groups (broad SMARTS) is 1. The average Bonchev–Trinajstić information content (AvgIpc) is 3.51. The molecule has 0 unspecified atom stereocenters. The van der Waals surface area contributed by atoms with Gasteiger partial charge in [-0.3, -0.25) is 14.5 Å². The van der Waals surface area contributed by atoms with E-state index in [9.17, 15) is 22.8 Å². The quantitative estimate of drug-likeness (QED) is 0.448. The van der Waals surface area contributed by atoms with Crippen LogP contribution in [0.1, 0.15) is 28.4 Å². The van der Waals surface area contributed by atoms with Crippen molar-refractivity contribution in [2.45, 2.75) is 18.6 Å². The zero-order chi connectivity index (χ0) is 23.3. The van der Waals surface area contributed by atoms with Gasteiger partial charge < -0.3 is 10.0 Å².